The number of halogens is 1. The summed E-state index contributed by atoms with van der Waals surface area (Å²) in [5, 5.41) is 0.555. The topological polar surface area (TPSA) is 61.0 Å². The highest BCUT2D eigenvalue weighted by molar-refractivity contribution is 7.99. The Balaban J connectivity index is 2.26. The molecule has 0 fully saturated rings. The Labute approximate surface area is 108 Å². The summed E-state index contributed by atoms with van der Waals surface area (Å²) in [6.07, 6.45) is 1.38. The van der Waals surface area contributed by atoms with Gasteiger partial charge in [0.25, 0.3) is 0 Å². The molecule has 0 bridgehead atoms. The molecular formula is C12H12FN3OS. The molecule has 0 spiro atoms. The van der Waals surface area contributed by atoms with E-state index in [-0.39, 0.29) is 5.82 Å². The summed E-state index contributed by atoms with van der Waals surface area (Å²) in [7, 11) is 0. The Morgan fingerprint density at radius 3 is 2.94 bits per heavy atom. The van der Waals surface area contributed by atoms with Crippen molar-refractivity contribution in [3.8, 4) is 5.88 Å². The van der Waals surface area contributed by atoms with Gasteiger partial charge in [0.15, 0.2) is 0 Å². The normalized spacial score (nSPS) is 10.3. The molecule has 1 aromatic heterocycles. The molecule has 18 heavy (non-hydrogen) atoms. The first-order valence-corrected chi connectivity index (χ1v) is 6.19. The second-order valence-electron chi connectivity index (χ2n) is 3.39. The number of hydrogen-bond acceptors (Lipinski definition) is 5. The SMILES string of the molecule is CCOc1ncnc(Sc2cccc(F)c2)c1N. The van der Waals surface area contributed by atoms with Gasteiger partial charge in [0.1, 0.15) is 22.9 Å². The molecule has 0 saturated heterocycles. The van der Waals surface area contributed by atoms with Gasteiger partial charge >= 0.3 is 0 Å². The van der Waals surface area contributed by atoms with Gasteiger partial charge in [-0.05, 0) is 25.1 Å². The van der Waals surface area contributed by atoms with E-state index in [0.717, 1.165) is 4.90 Å². The van der Waals surface area contributed by atoms with Crippen molar-refractivity contribution in [2.45, 2.75) is 16.8 Å². The lowest BCUT2D eigenvalue weighted by Gasteiger charge is -2.08. The Morgan fingerprint density at radius 1 is 1.39 bits per heavy atom. The van der Waals surface area contributed by atoms with Crippen LogP contribution in [0.4, 0.5) is 10.1 Å². The van der Waals surface area contributed by atoms with E-state index in [0.29, 0.717) is 23.2 Å². The van der Waals surface area contributed by atoms with E-state index < -0.39 is 0 Å². The van der Waals surface area contributed by atoms with Crippen LogP contribution in [0, 0.1) is 5.82 Å². The van der Waals surface area contributed by atoms with Gasteiger partial charge in [-0.25, -0.2) is 9.37 Å². The lowest BCUT2D eigenvalue weighted by Crippen LogP contribution is -2.02. The van der Waals surface area contributed by atoms with E-state index in [4.69, 9.17) is 10.5 Å². The molecule has 2 N–H and O–H groups in total. The van der Waals surface area contributed by atoms with Crippen molar-refractivity contribution in [2.75, 3.05) is 12.3 Å². The average molecular weight is 265 g/mol. The van der Waals surface area contributed by atoms with E-state index in [9.17, 15) is 4.39 Å². The maximum absolute atomic E-state index is 13.1. The average Bonchev–Trinajstić information content (AvgIpc) is 2.35. The standard InChI is InChI=1S/C12H12FN3OS/c1-2-17-11-10(14)12(16-7-15-11)18-9-5-3-4-8(13)6-9/h3-7H,2,14H2,1H3. The van der Waals surface area contributed by atoms with Gasteiger partial charge in [0.05, 0.1) is 6.61 Å². The maximum atomic E-state index is 13.1. The molecule has 0 aliphatic carbocycles. The van der Waals surface area contributed by atoms with Crippen LogP contribution in [0.5, 0.6) is 5.88 Å². The van der Waals surface area contributed by atoms with Crippen LogP contribution in [-0.4, -0.2) is 16.6 Å². The van der Waals surface area contributed by atoms with Gasteiger partial charge < -0.3 is 10.5 Å². The number of benzene rings is 1. The van der Waals surface area contributed by atoms with Crippen LogP contribution >= 0.6 is 11.8 Å². The molecular weight excluding hydrogens is 253 g/mol. The second-order valence-corrected chi connectivity index (χ2v) is 4.45. The highest BCUT2D eigenvalue weighted by Crippen LogP contribution is 2.33. The van der Waals surface area contributed by atoms with Gasteiger partial charge in [-0.2, -0.15) is 4.98 Å². The van der Waals surface area contributed by atoms with Crippen LogP contribution < -0.4 is 10.5 Å². The number of nitrogens with two attached hydrogens (primary N) is 1. The molecule has 0 saturated carbocycles. The van der Waals surface area contributed by atoms with Crippen molar-refractivity contribution in [3.63, 3.8) is 0 Å². The minimum Gasteiger partial charge on any atom is -0.476 e. The molecule has 2 aromatic rings. The second kappa shape index (κ2) is 5.68. The van der Waals surface area contributed by atoms with E-state index in [1.165, 1.54) is 30.2 Å². The smallest absolute Gasteiger partial charge is 0.241 e. The Morgan fingerprint density at radius 2 is 2.22 bits per heavy atom. The molecule has 0 aliphatic rings. The Hall–Kier alpha value is -1.82. The summed E-state index contributed by atoms with van der Waals surface area (Å²) in [4.78, 5) is 8.74. The summed E-state index contributed by atoms with van der Waals surface area (Å²) < 4.78 is 18.3. The minimum absolute atomic E-state index is 0.294. The van der Waals surface area contributed by atoms with Gasteiger partial charge in [0.2, 0.25) is 5.88 Å². The summed E-state index contributed by atoms with van der Waals surface area (Å²) in [6.45, 7) is 2.33. The molecule has 2 rings (SSSR count). The first kappa shape index (κ1) is 12.6. The molecule has 1 heterocycles. The Bertz CT molecular complexity index is 551. The number of aromatic nitrogens is 2. The minimum atomic E-state index is -0.294. The monoisotopic (exact) mass is 265 g/mol. The third-order valence-electron chi connectivity index (χ3n) is 2.10. The van der Waals surface area contributed by atoms with E-state index in [2.05, 4.69) is 9.97 Å². The maximum Gasteiger partial charge on any atom is 0.241 e. The zero-order valence-electron chi connectivity index (χ0n) is 9.76. The number of nitrogen functional groups attached to an aromatic ring is 1. The van der Waals surface area contributed by atoms with Crippen LogP contribution in [-0.2, 0) is 0 Å². The fraction of sp³-hybridized carbons (Fsp3) is 0.167. The van der Waals surface area contributed by atoms with Crippen molar-refractivity contribution in [3.05, 3.63) is 36.4 Å². The van der Waals surface area contributed by atoms with Gasteiger partial charge in [-0.1, -0.05) is 17.8 Å². The predicted molar refractivity (Wildman–Crippen MR) is 68.1 cm³/mol. The number of hydrogen-bond donors (Lipinski definition) is 1. The van der Waals surface area contributed by atoms with Gasteiger partial charge in [0, 0.05) is 4.90 Å². The number of nitrogens with zero attached hydrogens (tertiary/aromatic N) is 2. The number of rotatable bonds is 4. The van der Waals surface area contributed by atoms with Crippen molar-refractivity contribution in [2.24, 2.45) is 0 Å². The van der Waals surface area contributed by atoms with Crippen molar-refractivity contribution in [1.82, 2.24) is 9.97 Å². The lowest BCUT2D eigenvalue weighted by molar-refractivity contribution is 0.327. The van der Waals surface area contributed by atoms with E-state index in [1.807, 2.05) is 6.92 Å². The Kier molecular flexibility index (Phi) is 3.99. The molecule has 0 amide bonds. The third kappa shape index (κ3) is 2.89. The fourth-order valence-corrected chi connectivity index (χ4v) is 2.18. The predicted octanol–water partition coefficient (Wildman–Crippen LogP) is 2.75. The van der Waals surface area contributed by atoms with Gasteiger partial charge in [-0.15, -0.1) is 0 Å². The fourth-order valence-electron chi connectivity index (χ4n) is 1.34. The molecule has 1 aromatic carbocycles. The summed E-state index contributed by atoms with van der Waals surface area (Å²) >= 11 is 1.27. The van der Waals surface area contributed by atoms with Crippen LogP contribution in [0.1, 0.15) is 6.92 Å². The third-order valence-corrected chi connectivity index (χ3v) is 3.11. The quantitative estimate of drug-likeness (QED) is 0.861. The first-order chi connectivity index (χ1) is 8.70. The zero-order chi connectivity index (χ0) is 13.0. The van der Waals surface area contributed by atoms with Crippen molar-refractivity contribution < 1.29 is 9.13 Å². The highest BCUT2D eigenvalue weighted by atomic mass is 32.2. The van der Waals surface area contributed by atoms with E-state index >= 15 is 0 Å². The molecule has 0 atom stereocenters. The highest BCUT2D eigenvalue weighted by Gasteiger charge is 2.10. The van der Waals surface area contributed by atoms with E-state index in [1.54, 1.807) is 12.1 Å². The number of ether oxygens (including phenoxy) is 1. The van der Waals surface area contributed by atoms with Crippen molar-refractivity contribution in [1.29, 1.82) is 0 Å². The van der Waals surface area contributed by atoms with Gasteiger partial charge in [-0.3, -0.25) is 0 Å². The van der Waals surface area contributed by atoms with Crippen molar-refractivity contribution >= 4 is 17.4 Å². The van der Waals surface area contributed by atoms with Crippen LogP contribution in [0.25, 0.3) is 0 Å². The molecule has 4 nitrogen and oxygen atoms in total. The molecule has 0 radical (unpaired) electrons. The van der Waals surface area contributed by atoms with Crippen LogP contribution in [0.15, 0.2) is 40.5 Å². The lowest BCUT2D eigenvalue weighted by atomic mass is 10.4. The van der Waals surface area contributed by atoms with Crippen LogP contribution in [0.2, 0.25) is 0 Å². The molecule has 94 valence electrons. The summed E-state index contributed by atoms with van der Waals surface area (Å²) in [6, 6.07) is 6.24. The summed E-state index contributed by atoms with van der Waals surface area (Å²) in [5.74, 6) is 0.0593. The van der Waals surface area contributed by atoms with Crippen LogP contribution in [0.3, 0.4) is 0 Å². The first-order valence-electron chi connectivity index (χ1n) is 5.37. The molecule has 0 aliphatic heterocycles. The molecule has 0 unspecified atom stereocenters. The molecule has 6 heteroatoms. The summed E-state index contributed by atoms with van der Waals surface area (Å²) in [5.41, 5.74) is 6.26. The number of anilines is 1. The largest absolute Gasteiger partial charge is 0.476 e. The zero-order valence-corrected chi connectivity index (χ0v) is 10.6.